The highest BCUT2D eigenvalue weighted by atomic mass is 16.1. The summed E-state index contributed by atoms with van der Waals surface area (Å²) in [7, 11) is 0. The summed E-state index contributed by atoms with van der Waals surface area (Å²) < 4.78 is 0. The molecular formula is C18H15N3O. The first kappa shape index (κ1) is 13.1. The molecule has 4 heteroatoms. The van der Waals surface area contributed by atoms with Gasteiger partial charge in [0.05, 0.1) is 17.0 Å². The van der Waals surface area contributed by atoms with Crippen LogP contribution in [0.5, 0.6) is 0 Å². The quantitative estimate of drug-likeness (QED) is 0.630. The van der Waals surface area contributed by atoms with Crippen LogP contribution < -0.4 is 0 Å². The number of hydrogen-bond donors (Lipinski definition) is 0. The molecule has 0 unspecified atom stereocenters. The normalized spacial score (nSPS) is 29.6. The number of rotatable bonds is 2. The van der Waals surface area contributed by atoms with Crippen molar-refractivity contribution in [2.75, 3.05) is 0 Å². The lowest BCUT2D eigenvalue weighted by atomic mass is 9.69. The highest BCUT2D eigenvalue weighted by Gasteiger charge is 2.68. The molecule has 2 bridgehead atoms. The number of nitrogens with zero attached hydrogens (tertiary/aromatic N) is 3. The number of Topliss-reactive ketones (excluding diaryl/α,β-unsaturated/α-hetero) is 1. The lowest BCUT2D eigenvalue weighted by molar-refractivity contribution is -0.120. The molecule has 4 rings (SSSR count). The molecule has 1 aromatic heterocycles. The monoisotopic (exact) mass is 289 g/mol. The van der Waals surface area contributed by atoms with Crippen molar-refractivity contribution >= 4 is 11.5 Å². The fraction of sp³-hybridized carbons (Fsp3) is 0.278. The molecule has 3 atom stereocenters. The third-order valence-corrected chi connectivity index (χ3v) is 5.19. The minimum atomic E-state index is -0.499. The van der Waals surface area contributed by atoms with Gasteiger partial charge in [0.1, 0.15) is 0 Å². The number of ketones is 1. The van der Waals surface area contributed by atoms with Gasteiger partial charge in [-0.3, -0.25) is 9.78 Å². The highest BCUT2D eigenvalue weighted by Crippen LogP contribution is 2.58. The third-order valence-electron chi connectivity index (χ3n) is 5.19. The molecule has 2 aliphatic carbocycles. The van der Waals surface area contributed by atoms with Crippen molar-refractivity contribution in [3.05, 3.63) is 71.5 Å². The molecule has 2 saturated carbocycles. The zero-order valence-corrected chi connectivity index (χ0v) is 12.0. The number of hydrogen-bond acceptors (Lipinski definition) is 2. The van der Waals surface area contributed by atoms with Crippen LogP contribution in [0.3, 0.4) is 0 Å². The van der Waals surface area contributed by atoms with E-state index in [-0.39, 0.29) is 17.6 Å². The molecule has 0 saturated heterocycles. The fourth-order valence-electron chi connectivity index (χ4n) is 4.42. The summed E-state index contributed by atoms with van der Waals surface area (Å²) in [5, 5.41) is 0. The molecule has 0 radical (unpaired) electrons. The van der Waals surface area contributed by atoms with Crippen LogP contribution in [0.2, 0.25) is 0 Å². The van der Waals surface area contributed by atoms with Gasteiger partial charge in [-0.25, -0.2) is 0 Å². The van der Waals surface area contributed by atoms with E-state index >= 15 is 0 Å². The van der Waals surface area contributed by atoms with Crippen LogP contribution in [-0.4, -0.2) is 21.3 Å². The van der Waals surface area contributed by atoms with Gasteiger partial charge in [-0.15, -0.1) is 0 Å². The number of carbonyl (C=O) groups is 1. The van der Waals surface area contributed by atoms with Crippen molar-refractivity contribution in [3.63, 3.8) is 0 Å². The number of pyridine rings is 1. The Labute approximate surface area is 128 Å². The van der Waals surface area contributed by atoms with Crippen molar-refractivity contribution in [1.29, 1.82) is 0 Å². The standard InChI is InChI=1S/C18H15N3O/c19-21-16-13-9-10-14(17(16)22)18(13,12-6-2-1-3-7-12)15-8-4-5-11-20-15/h1-8,11,13-14H,9-10H2/t13-,14+,18-/m0/s1. The van der Waals surface area contributed by atoms with E-state index < -0.39 is 5.41 Å². The van der Waals surface area contributed by atoms with Crippen LogP contribution >= 0.6 is 0 Å². The summed E-state index contributed by atoms with van der Waals surface area (Å²) >= 11 is 0. The van der Waals surface area contributed by atoms with E-state index in [1.54, 1.807) is 6.20 Å². The van der Waals surface area contributed by atoms with E-state index in [0.29, 0.717) is 5.71 Å². The van der Waals surface area contributed by atoms with Crippen molar-refractivity contribution in [2.24, 2.45) is 11.8 Å². The second-order valence-corrected chi connectivity index (χ2v) is 5.98. The molecule has 0 spiro atoms. The van der Waals surface area contributed by atoms with Gasteiger partial charge < -0.3 is 5.53 Å². The summed E-state index contributed by atoms with van der Waals surface area (Å²) in [5.74, 6) is -0.332. The Morgan fingerprint density at radius 1 is 1.05 bits per heavy atom. The zero-order valence-electron chi connectivity index (χ0n) is 12.0. The summed E-state index contributed by atoms with van der Waals surface area (Å²) in [6.07, 6.45) is 3.42. The van der Waals surface area contributed by atoms with Gasteiger partial charge >= 0.3 is 5.71 Å². The molecule has 1 aromatic carbocycles. The first-order chi connectivity index (χ1) is 10.8. The molecule has 4 nitrogen and oxygen atoms in total. The minimum absolute atomic E-state index is 0.0340. The summed E-state index contributed by atoms with van der Waals surface area (Å²) in [6, 6.07) is 15.8. The summed E-state index contributed by atoms with van der Waals surface area (Å²) in [6.45, 7) is 0. The Balaban J connectivity index is 2.04. The van der Waals surface area contributed by atoms with Crippen molar-refractivity contribution in [1.82, 2.24) is 4.98 Å². The molecule has 0 aliphatic heterocycles. The predicted octanol–water partition coefficient (Wildman–Crippen LogP) is 2.65. The average molecular weight is 289 g/mol. The number of aromatic nitrogens is 1. The molecule has 0 N–H and O–H groups in total. The maximum atomic E-state index is 12.6. The topological polar surface area (TPSA) is 66.4 Å². The molecule has 1 heterocycles. The minimum Gasteiger partial charge on any atom is -0.361 e. The Morgan fingerprint density at radius 2 is 1.77 bits per heavy atom. The van der Waals surface area contributed by atoms with Gasteiger partial charge in [-0.1, -0.05) is 36.4 Å². The molecule has 2 fully saturated rings. The van der Waals surface area contributed by atoms with Crippen LogP contribution in [0.1, 0.15) is 24.1 Å². The van der Waals surface area contributed by atoms with Gasteiger partial charge in [0, 0.05) is 12.1 Å². The van der Waals surface area contributed by atoms with Gasteiger partial charge in [-0.05, 0) is 30.5 Å². The lowest BCUT2D eigenvalue weighted by Gasteiger charge is -2.32. The summed E-state index contributed by atoms with van der Waals surface area (Å²) in [4.78, 5) is 20.5. The van der Waals surface area contributed by atoms with E-state index in [2.05, 4.69) is 9.77 Å². The number of fused-ring (bicyclic) bond motifs is 2. The largest absolute Gasteiger partial charge is 0.361 e. The highest BCUT2D eigenvalue weighted by molar-refractivity contribution is 6.43. The molecular weight excluding hydrogens is 274 g/mol. The van der Waals surface area contributed by atoms with Gasteiger partial charge in [0.15, 0.2) is 0 Å². The van der Waals surface area contributed by atoms with E-state index in [4.69, 9.17) is 0 Å². The van der Waals surface area contributed by atoms with E-state index in [1.165, 1.54) is 0 Å². The van der Waals surface area contributed by atoms with Gasteiger partial charge in [0.25, 0.3) is 0 Å². The molecule has 2 aromatic rings. The summed E-state index contributed by atoms with van der Waals surface area (Å²) in [5.41, 5.74) is 11.1. The van der Waals surface area contributed by atoms with E-state index in [0.717, 1.165) is 24.1 Å². The Hall–Kier alpha value is -2.58. The van der Waals surface area contributed by atoms with Crippen LogP contribution in [0.15, 0.2) is 54.7 Å². The maximum absolute atomic E-state index is 12.6. The molecule has 0 amide bonds. The Bertz CT molecular complexity index is 739. The van der Waals surface area contributed by atoms with Crippen molar-refractivity contribution in [2.45, 2.75) is 18.3 Å². The lowest BCUT2D eigenvalue weighted by Crippen LogP contribution is -2.35. The number of carbonyl (C=O) groups excluding carboxylic acids is 1. The third kappa shape index (κ3) is 1.48. The van der Waals surface area contributed by atoms with Gasteiger partial charge in [0.2, 0.25) is 5.78 Å². The zero-order chi connectivity index (χ0) is 15.2. The number of benzene rings is 1. The van der Waals surface area contributed by atoms with Crippen molar-refractivity contribution in [3.8, 4) is 0 Å². The van der Waals surface area contributed by atoms with Crippen LogP contribution in [0.25, 0.3) is 5.53 Å². The first-order valence-electron chi connectivity index (χ1n) is 7.53. The Kier molecular flexibility index (Phi) is 2.81. The maximum Gasteiger partial charge on any atom is 0.339 e. The average Bonchev–Trinajstić information content (AvgIpc) is 3.08. The van der Waals surface area contributed by atoms with Crippen LogP contribution in [0, 0.1) is 11.8 Å². The second kappa shape index (κ2) is 4.72. The molecule has 22 heavy (non-hydrogen) atoms. The van der Waals surface area contributed by atoms with Gasteiger partial charge in [-0.2, -0.15) is 4.79 Å². The van der Waals surface area contributed by atoms with E-state index in [1.807, 2.05) is 48.5 Å². The van der Waals surface area contributed by atoms with Crippen LogP contribution in [-0.2, 0) is 10.2 Å². The predicted molar refractivity (Wildman–Crippen MR) is 81.3 cm³/mol. The molecule has 108 valence electrons. The Morgan fingerprint density at radius 3 is 2.41 bits per heavy atom. The van der Waals surface area contributed by atoms with Crippen molar-refractivity contribution < 1.29 is 9.58 Å². The second-order valence-electron chi connectivity index (χ2n) is 5.98. The SMILES string of the molecule is [N-]=[N+]=C1C(=O)[C@H]2CC[C@@H]1[C@]2(c1ccccc1)c1ccccn1. The molecule has 2 aliphatic rings. The van der Waals surface area contributed by atoms with E-state index in [9.17, 15) is 10.3 Å². The smallest absolute Gasteiger partial charge is 0.339 e. The van der Waals surface area contributed by atoms with Crippen LogP contribution in [0.4, 0.5) is 0 Å². The first-order valence-corrected chi connectivity index (χ1v) is 7.53. The fourth-order valence-corrected chi connectivity index (χ4v) is 4.42.